The molecule has 2 heterocycles. The van der Waals surface area contributed by atoms with Crippen molar-refractivity contribution in [2.75, 3.05) is 25.9 Å². The number of hydrogen-bond acceptors (Lipinski definition) is 5. The normalized spacial score (nSPS) is 22.7. The topological polar surface area (TPSA) is 75.4 Å². The van der Waals surface area contributed by atoms with Gasteiger partial charge in [0.05, 0.1) is 6.54 Å². The van der Waals surface area contributed by atoms with Gasteiger partial charge in [-0.2, -0.15) is 0 Å². The van der Waals surface area contributed by atoms with Crippen molar-refractivity contribution in [3.05, 3.63) is 18.1 Å². The molecule has 6 nitrogen and oxygen atoms in total. The van der Waals surface area contributed by atoms with Crippen molar-refractivity contribution in [1.82, 2.24) is 19.8 Å². The number of rotatable bonds is 6. The lowest BCUT2D eigenvalue weighted by Gasteiger charge is -2.26. The molecule has 0 radical (unpaired) electrons. The van der Waals surface area contributed by atoms with E-state index in [0.29, 0.717) is 24.3 Å². The number of carbonyl (C=O) groups is 1. The molecule has 1 aliphatic carbocycles. The second kappa shape index (κ2) is 8.13. The third-order valence-electron chi connectivity index (χ3n) is 5.80. The van der Waals surface area contributed by atoms with Crippen molar-refractivity contribution >= 4 is 11.7 Å². The number of likely N-dealkylation sites (tertiary alicyclic amines) is 1. The first-order chi connectivity index (χ1) is 12.0. The number of aromatic nitrogens is 2. The highest BCUT2D eigenvalue weighted by Gasteiger charge is 2.32. The van der Waals surface area contributed by atoms with Crippen molar-refractivity contribution in [3.63, 3.8) is 0 Å². The molecule has 3 rings (SSSR count). The average molecular weight is 345 g/mol. The summed E-state index contributed by atoms with van der Waals surface area (Å²) in [4.78, 5) is 25.6. The first-order valence-electron chi connectivity index (χ1n) is 9.59. The van der Waals surface area contributed by atoms with Crippen molar-refractivity contribution in [3.8, 4) is 0 Å². The van der Waals surface area contributed by atoms with Gasteiger partial charge < -0.3 is 10.6 Å². The van der Waals surface area contributed by atoms with E-state index in [9.17, 15) is 4.79 Å². The summed E-state index contributed by atoms with van der Waals surface area (Å²) in [5.41, 5.74) is 5.73. The Morgan fingerprint density at radius 3 is 2.88 bits per heavy atom. The SMILES string of the molecule is C[C@H](CC1CCCC1)C(=O)N1CC[C@@H](N(C)Cc2nccc(N)n2)C1. The summed E-state index contributed by atoms with van der Waals surface area (Å²) in [5, 5.41) is 0. The Balaban J connectivity index is 1.49. The number of hydrogen-bond donors (Lipinski definition) is 1. The second-order valence-electron chi connectivity index (χ2n) is 7.83. The van der Waals surface area contributed by atoms with Gasteiger partial charge in [0.2, 0.25) is 5.91 Å². The maximum absolute atomic E-state index is 12.8. The minimum Gasteiger partial charge on any atom is -0.384 e. The summed E-state index contributed by atoms with van der Waals surface area (Å²) in [6.45, 7) is 4.45. The van der Waals surface area contributed by atoms with E-state index in [0.717, 1.165) is 37.7 Å². The van der Waals surface area contributed by atoms with Crippen LogP contribution in [0.25, 0.3) is 0 Å². The van der Waals surface area contributed by atoms with Gasteiger partial charge in [0, 0.05) is 31.2 Å². The van der Waals surface area contributed by atoms with Crippen LogP contribution in [0.15, 0.2) is 12.3 Å². The van der Waals surface area contributed by atoms with Gasteiger partial charge in [-0.1, -0.05) is 32.6 Å². The van der Waals surface area contributed by atoms with Crippen LogP contribution in [0, 0.1) is 11.8 Å². The zero-order valence-electron chi connectivity index (χ0n) is 15.5. The zero-order valence-corrected chi connectivity index (χ0v) is 15.5. The zero-order chi connectivity index (χ0) is 17.8. The quantitative estimate of drug-likeness (QED) is 0.856. The van der Waals surface area contributed by atoms with Gasteiger partial charge >= 0.3 is 0 Å². The molecule has 1 aromatic rings. The summed E-state index contributed by atoms with van der Waals surface area (Å²) in [6.07, 6.45) is 9.07. The molecule has 25 heavy (non-hydrogen) atoms. The Bertz CT molecular complexity index is 587. The number of anilines is 1. The van der Waals surface area contributed by atoms with E-state index in [1.165, 1.54) is 25.7 Å². The summed E-state index contributed by atoms with van der Waals surface area (Å²) < 4.78 is 0. The minimum absolute atomic E-state index is 0.157. The van der Waals surface area contributed by atoms with Gasteiger partial charge in [0.15, 0.2) is 0 Å². The van der Waals surface area contributed by atoms with E-state index in [1.807, 2.05) is 0 Å². The summed E-state index contributed by atoms with van der Waals surface area (Å²) in [5.74, 6) is 2.50. The van der Waals surface area contributed by atoms with Gasteiger partial charge in [-0.3, -0.25) is 9.69 Å². The molecular formula is C19H31N5O. The van der Waals surface area contributed by atoms with Crippen LogP contribution in [0.2, 0.25) is 0 Å². The summed E-state index contributed by atoms with van der Waals surface area (Å²) in [7, 11) is 2.08. The molecule has 2 N–H and O–H groups in total. The lowest BCUT2D eigenvalue weighted by molar-refractivity contribution is -0.134. The maximum Gasteiger partial charge on any atom is 0.225 e. The van der Waals surface area contributed by atoms with Crippen LogP contribution in [0.5, 0.6) is 0 Å². The lowest BCUT2D eigenvalue weighted by atomic mass is 9.93. The highest BCUT2D eigenvalue weighted by Crippen LogP contribution is 2.31. The van der Waals surface area contributed by atoms with Crippen LogP contribution in [0.4, 0.5) is 5.82 Å². The van der Waals surface area contributed by atoms with Gasteiger partial charge in [0.1, 0.15) is 11.6 Å². The first kappa shape index (κ1) is 18.1. The van der Waals surface area contributed by atoms with Gasteiger partial charge in [-0.15, -0.1) is 0 Å². The van der Waals surface area contributed by atoms with Crippen LogP contribution in [-0.2, 0) is 11.3 Å². The van der Waals surface area contributed by atoms with Crippen LogP contribution in [0.1, 0.15) is 51.3 Å². The molecule has 1 amide bonds. The Morgan fingerprint density at radius 1 is 1.40 bits per heavy atom. The molecule has 2 atom stereocenters. The molecule has 6 heteroatoms. The van der Waals surface area contributed by atoms with Crippen LogP contribution < -0.4 is 5.73 Å². The fourth-order valence-corrected chi connectivity index (χ4v) is 4.30. The highest BCUT2D eigenvalue weighted by atomic mass is 16.2. The monoisotopic (exact) mass is 345 g/mol. The van der Waals surface area contributed by atoms with Gasteiger partial charge in [-0.05, 0) is 31.9 Å². The number of nitrogens with two attached hydrogens (primary N) is 1. The fraction of sp³-hybridized carbons (Fsp3) is 0.737. The third-order valence-corrected chi connectivity index (χ3v) is 5.80. The predicted octanol–water partition coefficient (Wildman–Crippen LogP) is 2.31. The van der Waals surface area contributed by atoms with Crippen molar-refractivity contribution in [1.29, 1.82) is 0 Å². The molecule has 0 spiro atoms. The largest absolute Gasteiger partial charge is 0.384 e. The van der Waals surface area contributed by atoms with E-state index in [4.69, 9.17) is 5.73 Å². The molecular weight excluding hydrogens is 314 g/mol. The van der Waals surface area contributed by atoms with E-state index < -0.39 is 0 Å². The minimum atomic E-state index is 0.157. The summed E-state index contributed by atoms with van der Waals surface area (Å²) >= 11 is 0. The number of likely N-dealkylation sites (N-methyl/N-ethyl adjacent to an activating group) is 1. The summed E-state index contributed by atoms with van der Waals surface area (Å²) in [6, 6.07) is 2.07. The van der Waals surface area contributed by atoms with E-state index in [1.54, 1.807) is 12.3 Å². The van der Waals surface area contributed by atoms with E-state index in [2.05, 4.69) is 33.7 Å². The predicted molar refractivity (Wildman–Crippen MR) is 98.6 cm³/mol. The molecule has 0 aromatic carbocycles. The Morgan fingerprint density at radius 2 is 2.16 bits per heavy atom. The fourth-order valence-electron chi connectivity index (χ4n) is 4.30. The van der Waals surface area contributed by atoms with Crippen LogP contribution in [0.3, 0.4) is 0 Å². The molecule has 0 unspecified atom stereocenters. The van der Waals surface area contributed by atoms with Crippen LogP contribution >= 0.6 is 0 Å². The van der Waals surface area contributed by atoms with E-state index >= 15 is 0 Å². The van der Waals surface area contributed by atoms with Gasteiger partial charge in [-0.25, -0.2) is 9.97 Å². The number of nitrogen functional groups attached to an aromatic ring is 1. The standard InChI is InChI=1S/C19H31N5O/c1-14(11-15-5-3-4-6-15)19(25)24-10-8-16(12-24)23(2)13-18-21-9-7-17(20)22-18/h7,9,14-16H,3-6,8,10-13H2,1-2H3,(H2,20,21,22)/t14-,16-/m1/s1. The Labute approximate surface area is 150 Å². The number of nitrogens with zero attached hydrogens (tertiary/aromatic N) is 4. The Kier molecular flexibility index (Phi) is 5.89. The number of carbonyl (C=O) groups excluding carboxylic acids is 1. The number of amides is 1. The van der Waals surface area contributed by atoms with Gasteiger partial charge in [0.25, 0.3) is 0 Å². The molecule has 2 aliphatic rings. The maximum atomic E-state index is 12.8. The van der Waals surface area contributed by atoms with Crippen molar-refractivity contribution in [2.45, 2.75) is 58.0 Å². The molecule has 1 aliphatic heterocycles. The third kappa shape index (κ3) is 4.69. The van der Waals surface area contributed by atoms with Crippen molar-refractivity contribution < 1.29 is 4.79 Å². The highest BCUT2D eigenvalue weighted by molar-refractivity contribution is 5.78. The molecule has 1 saturated heterocycles. The van der Waals surface area contributed by atoms with Crippen LogP contribution in [-0.4, -0.2) is 51.9 Å². The first-order valence-corrected chi connectivity index (χ1v) is 9.59. The average Bonchev–Trinajstić information content (AvgIpc) is 3.25. The molecule has 138 valence electrons. The smallest absolute Gasteiger partial charge is 0.225 e. The molecule has 0 bridgehead atoms. The molecule has 1 saturated carbocycles. The lowest BCUT2D eigenvalue weighted by Crippen LogP contribution is -2.38. The molecule has 1 aromatic heterocycles. The van der Waals surface area contributed by atoms with Crippen molar-refractivity contribution in [2.24, 2.45) is 11.8 Å². The molecule has 2 fully saturated rings. The second-order valence-corrected chi connectivity index (χ2v) is 7.83. The van der Waals surface area contributed by atoms with E-state index in [-0.39, 0.29) is 5.92 Å². The Hall–Kier alpha value is -1.69.